The zero-order chi connectivity index (χ0) is 19.0. The summed E-state index contributed by atoms with van der Waals surface area (Å²) in [7, 11) is 0. The number of pyridine rings is 1. The quantitative estimate of drug-likeness (QED) is 0.508. The fraction of sp³-hybridized carbons (Fsp3) is 0.316. The molecule has 0 aliphatic carbocycles. The minimum absolute atomic E-state index is 0.494. The maximum Gasteiger partial charge on any atom is 0.213 e. The first kappa shape index (κ1) is 17.3. The molecule has 0 saturated heterocycles. The minimum atomic E-state index is -0.525. The van der Waals surface area contributed by atoms with Crippen LogP contribution in [-0.4, -0.2) is 34.1 Å². The van der Waals surface area contributed by atoms with Crippen LogP contribution in [0, 0.1) is 19.8 Å². The normalized spacial score (nSPS) is 11.4. The summed E-state index contributed by atoms with van der Waals surface area (Å²) in [5.41, 5.74) is 3.34. The van der Waals surface area contributed by atoms with Crippen LogP contribution in [0.4, 0.5) is 4.39 Å². The third-order valence-electron chi connectivity index (χ3n) is 4.54. The summed E-state index contributed by atoms with van der Waals surface area (Å²) in [5, 5.41) is 8.58. The molecule has 8 heteroatoms. The lowest BCUT2D eigenvalue weighted by atomic mass is 10.1. The number of halogens is 1. The lowest BCUT2D eigenvalue weighted by molar-refractivity contribution is 0.584. The Balaban J connectivity index is 1.81. The Morgan fingerprint density at radius 2 is 1.93 bits per heavy atom. The van der Waals surface area contributed by atoms with Crippen molar-refractivity contribution < 1.29 is 4.39 Å². The summed E-state index contributed by atoms with van der Waals surface area (Å²) in [6, 6.07) is 4.70. The number of hydrogen-bond donors (Lipinski definition) is 0. The number of nitrogens with zero attached hydrogens (tertiary/aromatic N) is 7. The number of aryl methyl sites for hydroxylation is 3. The molecule has 0 saturated carbocycles. The molecule has 0 radical (unpaired) electrons. The van der Waals surface area contributed by atoms with Crippen molar-refractivity contribution >= 4 is 5.65 Å². The van der Waals surface area contributed by atoms with Crippen LogP contribution in [0.15, 0.2) is 30.6 Å². The van der Waals surface area contributed by atoms with E-state index in [-0.39, 0.29) is 0 Å². The fourth-order valence-electron chi connectivity index (χ4n) is 3.39. The van der Waals surface area contributed by atoms with Crippen molar-refractivity contribution in [2.75, 3.05) is 0 Å². The molecule has 27 heavy (non-hydrogen) atoms. The van der Waals surface area contributed by atoms with Crippen molar-refractivity contribution in [1.82, 2.24) is 34.1 Å². The molecule has 0 aliphatic heterocycles. The highest BCUT2D eigenvalue weighted by molar-refractivity contribution is 5.52. The van der Waals surface area contributed by atoms with E-state index in [0.29, 0.717) is 18.1 Å². The van der Waals surface area contributed by atoms with Crippen molar-refractivity contribution in [1.29, 1.82) is 0 Å². The van der Waals surface area contributed by atoms with E-state index in [1.807, 2.05) is 29.0 Å². The second-order valence-electron chi connectivity index (χ2n) is 6.46. The van der Waals surface area contributed by atoms with Gasteiger partial charge in [-0.2, -0.15) is 4.39 Å². The highest BCUT2D eigenvalue weighted by atomic mass is 19.1. The summed E-state index contributed by atoms with van der Waals surface area (Å²) in [6.07, 6.45) is 5.37. The van der Waals surface area contributed by atoms with Crippen LogP contribution in [0.2, 0.25) is 0 Å². The topological polar surface area (TPSA) is 73.8 Å². The van der Waals surface area contributed by atoms with Gasteiger partial charge in [0.05, 0.1) is 12.2 Å². The van der Waals surface area contributed by atoms with Crippen LogP contribution in [0.3, 0.4) is 0 Å². The average molecular weight is 365 g/mol. The number of hydrogen-bond acceptors (Lipinski definition) is 5. The van der Waals surface area contributed by atoms with Crippen LogP contribution in [0.5, 0.6) is 0 Å². The number of aromatic nitrogens is 7. The van der Waals surface area contributed by atoms with Gasteiger partial charge in [-0.3, -0.25) is 4.40 Å². The van der Waals surface area contributed by atoms with Crippen molar-refractivity contribution in [3.05, 3.63) is 59.4 Å². The molecule has 4 aromatic rings. The zero-order valence-electron chi connectivity index (χ0n) is 15.5. The summed E-state index contributed by atoms with van der Waals surface area (Å²) in [6.45, 7) is 6.51. The molecule has 0 amide bonds. The first-order chi connectivity index (χ1) is 13.1. The Bertz CT molecular complexity index is 1110. The maximum absolute atomic E-state index is 13.5. The maximum atomic E-state index is 13.5. The Morgan fingerprint density at radius 3 is 2.70 bits per heavy atom. The molecule has 0 unspecified atom stereocenters. The van der Waals surface area contributed by atoms with Crippen LogP contribution in [-0.2, 0) is 13.0 Å². The van der Waals surface area contributed by atoms with Crippen molar-refractivity contribution in [2.24, 2.45) is 0 Å². The summed E-state index contributed by atoms with van der Waals surface area (Å²) >= 11 is 0. The Morgan fingerprint density at radius 1 is 1.07 bits per heavy atom. The van der Waals surface area contributed by atoms with Gasteiger partial charge in [0.15, 0.2) is 11.5 Å². The minimum Gasteiger partial charge on any atom is -0.324 e. The molecule has 0 spiro atoms. The van der Waals surface area contributed by atoms with Gasteiger partial charge < -0.3 is 4.57 Å². The monoisotopic (exact) mass is 365 g/mol. The molecule has 4 rings (SSSR count). The molecular formula is C19H20FN7. The van der Waals surface area contributed by atoms with E-state index in [9.17, 15) is 4.39 Å². The molecule has 4 heterocycles. The lowest BCUT2D eigenvalue weighted by Gasteiger charge is -2.14. The number of fused-ring (bicyclic) bond motifs is 1. The van der Waals surface area contributed by atoms with Crippen molar-refractivity contribution in [3.8, 4) is 11.5 Å². The molecule has 0 aliphatic rings. The molecular weight excluding hydrogens is 345 g/mol. The van der Waals surface area contributed by atoms with E-state index in [1.165, 1.54) is 6.07 Å². The van der Waals surface area contributed by atoms with Gasteiger partial charge in [-0.25, -0.2) is 15.0 Å². The van der Waals surface area contributed by atoms with E-state index >= 15 is 0 Å². The van der Waals surface area contributed by atoms with E-state index in [4.69, 9.17) is 4.98 Å². The van der Waals surface area contributed by atoms with Gasteiger partial charge >= 0.3 is 0 Å². The molecule has 7 nitrogen and oxygen atoms in total. The highest BCUT2D eigenvalue weighted by Crippen LogP contribution is 2.21. The summed E-state index contributed by atoms with van der Waals surface area (Å²) in [4.78, 5) is 13.1. The van der Waals surface area contributed by atoms with Gasteiger partial charge in [0, 0.05) is 18.0 Å². The third kappa shape index (κ3) is 3.07. The fourth-order valence-corrected chi connectivity index (χ4v) is 3.39. The predicted molar refractivity (Wildman–Crippen MR) is 98.8 cm³/mol. The zero-order valence-corrected chi connectivity index (χ0v) is 15.5. The van der Waals surface area contributed by atoms with E-state index in [1.54, 1.807) is 18.3 Å². The SMILES string of the molecule is CCCc1c(Cn2ccnc2-c2cccc(F)n2)nc(C)n2c(C)nnc12. The summed E-state index contributed by atoms with van der Waals surface area (Å²) in [5.74, 6) is 1.75. The van der Waals surface area contributed by atoms with Gasteiger partial charge in [0.2, 0.25) is 5.95 Å². The highest BCUT2D eigenvalue weighted by Gasteiger charge is 2.17. The van der Waals surface area contributed by atoms with Crippen LogP contribution in [0.1, 0.15) is 36.3 Å². The molecule has 0 aromatic carbocycles. The van der Waals surface area contributed by atoms with Crippen molar-refractivity contribution in [3.63, 3.8) is 0 Å². The third-order valence-corrected chi connectivity index (χ3v) is 4.54. The predicted octanol–water partition coefficient (Wildman–Crippen LogP) is 3.14. The van der Waals surface area contributed by atoms with Gasteiger partial charge in [-0.1, -0.05) is 19.4 Å². The smallest absolute Gasteiger partial charge is 0.213 e. The molecule has 138 valence electrons. The average Bonchev–Trinajstić information content (AvgIpc) is 3.25. The number of imidazole rings is 1. The van der Waals surface area contributed by atoms with Crippen LogP contribution in [0.25, 0.3) is 17.2 Å². The first-order valence-electron chi connectivity index (χ1n) is 8.92. The standard InChI is InChI=1S/C19H20FN7/c1-4-6-14-16(22-12(2)27-13(3)24-25-18(14)27)11-26-10-9-21-19(26)15-7-5-8-17(20)23-15/h5,7-10H,4,6,11H2,1-3H3. The van der Waals surface area contributed by atoms with Gasteiger partial charge in [-0.05, 0) is 32.4 Å². The Labute approximate surface area is 156 Å². The lowest BCUT2D eigenvalue weighted by Crippen LogP contribution is -2.12. The summed E-state index contributed by atoms with van der Waals surface area (Å²) < 4.78 is 17.5. The molecule has 4 aromatic heterocycles. The van der Waals surface area contributed by atoms with Gasteiger partial charge in [0.1, 0.15) is 17.3 Å². The van der Waals surface area contributed by atoms with E-state index < -0.39 is 5.95 Å². The van der Waals surface area contributed by atoms with E-state index in [2.05, 4.69) is 27.1 Å². The van der Waals surface area contributed by atoms with Crippen LogP contribution < -0.4 is 0 Å². The Kier molecular flexibility index (Phi) is 4.39. The van der Waals surface area contributed by atoms with E-state index in [0.717, 1.165) is 41.4 Å². The molecule has 0 atom stereocenters. The van der Waals surface area contributed by atoms with Gasteiger partial charge in [0.25, 0.3) is 0 Å². The van der Waals surface area contributed by atoms with Crippen molar-refractivity contribution in [2.45, 2.75) is 40.2 Å². The Hall–Kier alpha value is -3.16. The number of rotatable bonds is 5. The largest absolute Gasteiger partial charge is 0.324 e. The molecule has 0 bridgehead atoms. The van der Waals surface area contributed by atoms with Crippen LogP contribution >= 0.6 is 0 Å². The molecule has 0 fully saturated rings. The second-order valence-corrected chi connectivity index (χ2v) is 6.46. The second kappa shape index (κ2) is 6.86. The van der Waals surface area contributed by atoms with Gasteiger partial charge in [-0.15, -0.1) is 10.2 Å². The first-order valence-corrected chi connectivity index (χ1v) is 8.92. The molecule has 0 N–H and O–H groups in total.